The van der Waals surface area contributed by atoms with Gasteiger partial charge in [0.15, 0.2) is 5.43 Å². The molecular formula is C28H23ClFNO4. The predicted molar refractivity (Wildman–Crippen MR) is 132 cm³/mol. The van der Waals surface area contributed by atoms with E-state index in [1.165, 1.54) is 12.1 Å². The summed E-state index contributed by atoms with van der Waals surface area (Å²) in [6.45, 7) is 2.89. The summed E-state index contributed by atoms with van der Waals surface area (Å²) in [5.74, 6) is -0.0270. The predicted octanol–water partition coefficient (Wildman–Crippen LogP) is 6.51. The van der Waals surface area contributed by atoms with E-state index in [0.29, 0.717) is 28.3 Å². The highest BCUT2D eigenvalue weighted by molar-refractivity contribution is 6.31. The van der Waals surface area contributed by atoms with E-state index in [0.717, 1.165) is 24.0 Å². The number of amides is 1. The molecule has 7 heteroatoms. The number of carbonyl (C=O) groups excluding carboxylic acids is 1. The van der Waals surface area contributed by atoms with Crippen LogP contribution in [0.4, 0.5) is 4.39 Å². The maximum absolute atomic E-state index is 13.6. The maximum atomic E-state index is 13.6. The summed E-state index contributed by atoms with van der Waals surface area (Å²) in [6.07, 6.45) is 1.99. The third kappa shape index (κ3) is 4.42. The highest BCUT2D eigenvalue weighted by Gasteiger charge is 2.42. The molecule has 1 unspecified atom stereocenters. The van der Waals surface area contributed by atoms with Crippen LogP contribution in [-0.4, -0.2) is 17.4 Å². The molecule has 0 radical (unpaired) electrons. The maximum Gasteiger partial charge on any atom is 0.291 e. The minimum absolute atomic E-state index is 0.0141. The molecule has 178 valence electrons. The quantitative estimate of drug-likeness (QED) is 0.276. The number of rotatable bonds is 7. The van der Waals surface area contributed by atoms with E-state index in [1.807, 2.05) is 24.3 Å². The van der Waals surface area contributed by atoms with Gasteiger partial charge in [0.25, 0.3) is 5.91 Å². The molecule has 1 amide bonds. The van der Waals surface area contributed by atoms with Gasteiger partial charge in [0, 0.05) is 11.6 Å². The van der Waals surface area contributed by atoms with Gasteiger partial charge in [0.05, 0.1) is 23.6 Å². The Morgan fingerprint density at radius 1 is 1.03 bits per heavy atom. The van der Waals surface area contributed by atoms with E-state index >= 15 is 0 Å². The first-order chi connectivity index (χ1) is 17.0. The molecule has 1 aliphatic rings. The molecule has 0 spiro atoms. The van der Waals surface area contributed by atoms with Crippen molar-refractivity contribution in [2.45, 2.75) is 32.4 Å². The lowest BCUT2D eigenvalue weighted by molar-refractivity contribution is 0.0714. The number of hydrogen-bond acceptors (Lipinski definition) is 4. The van der Waals surface area contributed by atoms with Crippen LogP contribution in [0, 0.1) is 5.82 Å². The summed E-state index contributed by atoms with van der Waals surface area (Å²) >= 11 is 6.14. The molecule has 0 fully saturated rings. The van der Waals surface area contributed by atoms with Gasteiger partial charge < -0.3 is 14.1 Å². The second kappa shape index (κ2) is 9.55. The summed E-state index contributed by atoms with van der Waals surface area (Å²) in [7, 11) is 0. The summed E-state index contributed by atoms with van der Waals surface area (Å²) < 4.78 is 25.2. The summed E-state index contributed by atoms with van der Waals surface area (Å²) in [4.78, 5) is 28.7. The SMILES string of the molecule is CCCCOc1ccc(C2c3c(oc4ccc(Cl)cc4c3=O)C(=O)N2Cc2ccc(F)cc2)cc1. The largest absolute Gasteiger partial charge is 0.494 e. The summed E-state index contributed by atoms with van der Waals surface area (Å²) in [6, 6.07) is 17.4. The zero-order valence-electron chi connectivity index (χ0n) is 19.1. The van der Waals surface area contributed by atoms with Gasteiger partial charge in [0.2, 0.25) is 5.76 Å². The van der Waals surface area contributed by atoms with E-state index in [2.05, 4.69) is 6.92 Å². The van der Waals surface area contributed by atoms with Crippen LogP contribution in [0.5, 0.6) is 5.75 Å². The first-order valence-corrected chi connectivity index (χ1v) is 11.9. The van der Waals surface area contributed by atoms with E-state index in [9.17, 15) is 14.0 Å². The molecule has 1 aliphatic heterocycles. The lowest BCUT2D eigenvalue weighted by Crippen LogP contribution is -2.29. The molecule has 0 aliphatic carbocycles. The van der Waals surface area contributed by atoms with Gasteiger partial charge in [-0.2, -0.15) is 0 Å². The van der Waals surface area contributed by atoms with Crippen LogP contribution in [0.3, 0.4) is 0 Å². The van der Waals surface area contributed by atoms with Crippen LogP contribution in [0.2, 0.25) is 5.02 Å². The zero-order valence-corrected chi connectivity index (χ0v) is 19.8. The molecule has 1 aromatic heterocycles. The molecule has 1 atom stereocenters. The van der Waals surface area contributed by atoms with E-state index in [-0.39, 0.29) is 29.1 Å². The van der Waals surface area contributed by atoms with Crippen molar-refractivity contribution in [3.63, 3.8) is 0 Å². The fourth-order valence-electron chi connectivity index (χ4n) is 4.37. The topological polar surface area (TPSA) is 59.8 Å². The normalized spacial score (nSPS) is 15.0. The molecule has 4 aromatic rings. The van der Waals surface area contributed by atoms with E-state index < -0.39 is 11.9 Å². The van der Waals surface area contributed by atoms with Crippen molar-refractivity contribution in [1.29, 1.82) is 0 Å². The van der Waals surface area contributed by atoms with Gasteiger partial charge in [-0.25, -0.2) is 4.39 Å². The first kappa shape index (κ1) is 23.1. The highest BCUT2D eigenvalue weighted by Crippen LogP contribution is 2.39. The number of fused-ring (bicyclic) bond motifs is 2. The Morgan fingerprint density at radius 3 is 2.49 bits per heavy atom. The van der Waals surface area contributed by atoms with Gasteiger partial charge in [-0.05, 0) is 60.0 Å². The Balaban J connectivity index is 1.61. The van der Waals surface area contributed by atoms with Crippen LogP contribution in [0.25, 0.3) is 11.0 Å². The summed E-state index contributed by atoms with van der Waals surface area (Å²) in [5, 5.41) is 0.722. The Bertz CT molecular complexity index is 1450. The van der Waals surface area contributed by atoms with Crippen LogP contribution in [0.15, 0.2) is 75.9 Å². The zero-order chi connectivity index (χ0) is 24.5. The highest BCUT2D eigenvalue weighted by atomic mass is 35.5. The molecule has 35 heavy (non-hydrogen) atoms. The van der Waals surface area contributed by atoms with Crippen LogP contribution in [-0.2, 0) is 6.54 Å². The molecular weight excluding hydrogens is 469 g/mol. The number of nitrogens with zero attached hydrogens (tertiary/aromatic N) is 1. The molecule has 0 N–H and O–H groups in total. The van der Waals surface area contributed by atoms with Crippen molar-refractivity contribution >= 4 is 28.5 Å². The number of ether oxygens (including phenoxy) is 1. The van der Waals surface area contributed by atoms with Crippen LogP contribution >= 0.6 is 11.6 Å². The Kier molecular flexibility index (Phi) is 6.31. The van der Waals surface area contributed by atoms with Crippen molar-refractivity contribution in [1.82, 2.24) is 4.90 Å². The lowest BCUT2D eigenvalue weighted by Gasteiger charge is -2.25. The average molecular weight is 492 g/mol. The third-order valence-corrected chi connectivity index (χ3v) is 6.39. The molecule has 0 bridgehead atoms. The van der Waals surface area contributed by atoms with Gasteiger partial charge in [-0.1, -0.05) is 49.2 Å². The molecule has 0 saturated heterocycles. The first-order valence-electron chi connectivity index (χ1n) is 11.5. The summed E-state index contributed by atoms with van der Waals surface area (Å²) in [5.41, 5.74) is 1.75. The molecule has 5 rings (SSSR count). The lowest BCUT2D eigenvalue weighted by atomic mass is 9.98. The third-order valence-electron chi connectivity index (χ3n) is 6.16. The van der Waals surface area contributed by atoms with Crippen LogP contribution in [0.1, 0.15) is 53.1 Å². The number of benzene rings is 3. The minimum Gasteiger partial charge on any atom is -0.494 e. The average Bonchev–Trinajstić information content (AvgIpc) is 3.13. The molecule has 0 saturated carbocycles. The van der Waals surface area contributed by atoms with Crippen molar-refractivity contribution in [3.8, 4) is 5.75 Å². The van der Waals surface area contributed by atoms with Crippen molar-refractivity contribution in [2.24, 2.45) is 0 Å². The Hall–Kier alpha value is -3.64. The molecule has 3 aromatic carbocycles. The second-order valence-electron chi connectivity index (χ2n) is 8.55. The van der Waals surface area contributed by atoms with E-state index in [1.54, 1.807) is 35.2 Å². The standard InChI is InChI=1S/C28H23ClFNO4/c1-2-3-14-34-21-11-6-18(7-12-21)25-24-26(32)22-15-19(29)8-13-23(22)35-27(24)28(33)31(25)16-17-4-9-20(30)10-5-17/h4-13,15,25H,2-3,14,16H2,1H3. The van der Waals surface area contributed by atoms with Gasteiger partial charge in [-0.15, -0.1) is 0 Å². The second-order valence-corrected chi connectivity index (χ2v) is 8.98. The van der Waals surface area contributed by atoms with E-state index in [4.69, 9.17) is 20.8 Å². The van der Waals surface area contributed by atoms with Gasteiger partial charge in [0.1, 0.15) is 17.1 Å². The minimum atomic E-state index is -0.674. The number of unbranched alkanes of at least 4 members (excludes halogenated alkanes) is 1. The Morgan fingerprint density at radius 2 is 1.77 bits per heavy atom. The van der Waals surface area contributed by atoms with Crippen molar-refractivity contribution in [3.05, 3.63) is 110 Å². The van der Waals surface area contributed by atoms with Gasteiger partial charge in [-0.3, -0.25) is 9.59 Å². The van der Waals surface area contributed by atoms with Gasteiger partial charge >= 0.3 is 0 Å². The monoisotopic (exact) mass is 491 g/mol. The molecule has 5 nitrogen and oxygen atoms in total. The van der Waals surface area contributed by atoms with Crippen molar-refractivity contribution < 1.29 is 18.3 Å². The number of hydrogen-bond donors (Lipinski definition) is 0. The van der Waals surface area contributed by atoms with Crippen molar-refractivity contribution in [2.75, 3.05) is 6.61 Å². The fraction of sp³-hybridized carbons (Fsp3) is 0.214. The molecule has 2 heterocycles. The number of halogens is 2. The number of carbonyl (C=O) groups is 1. The smallest absolute Gasteiger partial charge is 0.291 e. The van der Waals surface area contributed by atoms with Crippen LogP contribution < -0.4 is 10.2 Å². The Labute approximate surface area is 206 Å². The fourth-order valence-corrected chi connectivity index (χ4v) is 4.54.